The molecule has 138 valence electrons. The van der Waals surface area contributed by atoms with Gasteiger partial charge in [0.05, 0.1) is 18.1 Å². The summed E-state index contributed by atoms with van der Waals surface area (Å²) in [5.41, 5.74) is 1.19. The first-order valence-electron chi connectivity index (χ1n) is 8.63. The Labute approximate surface area is 147 Å². The molecule has 0 fully saturated rings. The molecule has 0 aromatic heterocycles. The van der Waals surface area contributed by atoms with Crippen LogP contribution in [0.2, 0.25) is 0 Å². The topological polar surface area (TPSA) is 55.8 Å². The lowest BCUT2D eigenvalue weighted by atomic mass is 10.1. The molecule has 0 heterocycles. The maximum Gasteiger partial charge on any atom is 0.243 e. The molecule has 6 heteroatoms. The highest BCUT2D eigenvalue weighted by molar-refractivity contribution is 7.89. The minimum Gasteiger partial charge on any atom is -0.383 e. The van der Waals surface area contributed by atoms with Crippen molar-refractivity contribution in [1.29, 1.82) is 0 Å². The highest BCUT2D eigenvalue weighted by atomic mass is 32.2. The van der Waals surface area contributed by atoms with E-state index in [-0.39, 0.29) is 0 Å². The molecule has 1 aromatic rings. The van der Waals surface area contributed by atoms with Gasteiger partial charge < -0.3 is 9.47 Å². The molecular weight excluding hydrogens is 326 g/mol. The number of aryl methyl sites for hydroxylation is 1. The van der Waals surface area contributed by atoms with Gasteiger partial charge in [-0.3, -0.25) is 0 Å². The Bertz CT molecular complexity index is 535. The van der Waals surface area contributed by atoms with Gasteiger partial charge in [0, 0.05) is 27.3 Å². The van der Waals surface area contributed by atoms with Crippen LogP contribution in [0.3, 0.4) is 0 Å². The van der Waals surface area contributed by atoms with E-state index in [9.17, 15) is 8.42 Å². The van der Waals surface area contributed by atoms with Crippen LogP contribution in [0.4, 0.5) is 0 Å². The van der Waals surface area contributed by atoms with Gasteiger partial charge in [-0.05, 0) is 30.5 Å². The summed E-state index contributed by atoms with van der Waals surface area (Å²) in [5.74, 6) is 0. The number of ether oxygens (including phenoxy) is 2. The van der Waals surface area contributed by atoms with Crippen molar-refractivity contribution in [2.45, 2.75) is 43.9 Å². The predicted molar refractivity (Wildman–Crippen MR) is 96.8 cm³/mol. The van der Waals surface area contributed by atoms with Crippen molar-refractivity contribution in [2.24, 2.45) is 0 Å². The normalized spacial score (nSPS) is 12.0. The summed E-state index contributed by atoms with van der Waals surface area (Å²) in [6.45, 7) is 3.55. The Kier molecular flexibility index (Phi) is 10.2. The van der Waals surface area contributed by atoms with Crippen LogP contribution in [0.15, 0.2) is 29.2 Å². The van der Waals surface area contributed by atoms with Crippen LogP contribution in [-0.2, 0) is 25.9 Å². The number of unbranched alkanes of at least 4 members (excludes halogenated alkanes) is 3. The van der Waals surface area contributed by atoms with Gasteiger partial charge in [0.15, 0.2) is 0 Å². The Hall–Kier alpha value is -0.950. The summed E-state index contributed by atoms with van der Waals surface area (Å²) in [4.78, 5) is 0.326. The van der Waals surface area contributed by atoms with Gasteiger partial charge in [0.25, 0.3) is 0 Å². The van der Waals surface area contributed by atoms with Crippen LogP contribution in [0.5, 0.6) is 0 Å². The van der Waals surface area contributed by atoms with Gasteiger partial charge in [-0.1, -0.05) is 38.3 Å². The quantitative estimate of drug-likeness (QED) is 0.509. The van der Waals surface area contributed by atoms with Gasteiger partial charge in [0.1, 0.15) is 0 Å². The van der Waals surface area contributed by atoms with Gasteiger partial charge in [-0.25, -0.2) is 8.42 Å². The lowest BCUT2D eigenvalue weighted by molar-refractivity contribution is 0.150. The zero-order valence-electron chi connectivity index (χ0n) is 15.2. The van der Waals surface area contributed by atoms with E-state index in [2.05, 4.69) is 6.92 Å². The van der Waals surface area contributed by atoms with E-state index in [1.54, 1.807) is 26.4 Å². The van der Waals surface area contributed by atoms with Gasteiger partial charge in [-0.2, -0.15) is 4.31 Å². The molecule has 0 atom stereocenters. The highest BCUT2D eigenvalue weighted by Gasteiger charge is 2.23. The summed E-state index contributed by atoms with van der Waals surface area (Å²) in [5, 5.41) is 0. The number of sulfonamides is 1. The van der Waals surface area contributed by atoms with Crippen LogP contribution in [0.1, 0.15) is 38.2 Å². The molecule has 0 radical (unpaired) electrons. The number of rotatable bonds is 13. The molecular formula is C18H31NO4S. The van der Waals surface area contributed by atoms with Crippen molar-refractivity contribution in [1.82, 2.24) is 4.31 Å². The van der Waals surface area contributed by atoms with E-state index >= 15 is 0 Å². The Morgan fingerprint density at radius 2 is 1.50 bits per heavy atom. The maximum atomic E-state index is 12.8. The largest absolute Gasteiger partial charge is 0.383 e. The zero-order valence-corrected chi connectivity index (χ0v) is 16.0. The molecule has 5 nitrogen and oxygen atoms in total. The monoisotopic (exact) mass is 357 g/mol. The molecule has 0 aliphatic carbocycles. The fraction of sp³-hybridized carbons (Fsp3) is 0.667. The third-order valence-electron chi connectivity index (χ3n) is 3.97. The average molecular weight is 358 g/mol. The van der Waals surface area contributed by atoms with E-state index in [0.717, 1.165) is 12.8 Å². The van der Waals surface area contributed by atoms with Crippen LogP contribution in [0.25, 0.3) is 0 Å². The minimum atomic E-state index is -3.52. The fourth-order valence-corrected chi connectivity index (χ4v) is 3.88. The molecule has 0 unspecified atom stereocenters. The fourth-order valence-electron chi connectivity index (χ4n) is 2.47. The van der Waals surface area contributed by atoms with Crippen molar-refractivity contribution in [3.8, 4) is 0 Å². The molecule has 1 aromatic carbocycles. The summed E-state index contributed by atoms with van der Waals surface area (Å²) in [6.07, 6.45) is 5.83. The second kappa shape index (κ2) is 11.6. The van der Waals surface area contributed by atoms with Crippen LogP contribution in [0, 0.1) is 0 Å². The molecule has 0 aliphatic rings. The molecule has 0 N–H and O–H groups in total. The SMILES string of the molecule is CCCCCCc1ccc(S(=O)(=O)N(CCOC)CCOC)cc1. The van der Waals surface area contributed by atoms with E-state index in [1.165, 1.54) is 29.1 Å². The van der Waals surface area contributed by atoms with Crippen LogP contribution < -0.4 is 0 Å². The second-order valence-electron chi connectivity index (χ2n) is 5.84. The van der Waals surface area contributed by atoms with Gasteiger partial charge in [-0.15, -0.1) is 0 Å². The Balaban J connectivity index is 2.75. The summed E-state index contributed by atoms with van der Waals surface area (Å²) < 4.78 is 37.0. The first-order valence-corrected chi connectivity index (χ1v) is 10.1. The van der Waals surface area contributed by atoms with Gasteiger partial charge >= 0.3 is 0 Å². The third-order valence-corrected chi connectivity index (χ3v) is 5.88. The lowest BCUT2D eigenvalue weighted by Gasteiger charge is -2.21. The van der Waals surface area contributed by atoms with E-state index < -0.39 is 10.0 Å². The molecule has 0 aliphatic heterocycles. The molecule has 0 bridgehead atoms. The summed E-state index contributed by atoms with van der Waals surface area (Å²) >= 11 is 0. The van der Waals surface area contributed by atoms with E-state index in [1.807, 2.05) is 12.1 Å². The first-order chi connectivity index (χ1) is 11.6. The van der Waals surface area contributed by atoms with E-state index in [0.29, 0.717) is 31.2 Å². The third kappa shape index (κ3) is 6.89. The molecule has 0 saturated heterocycles. The smallest absolute Gasteiger partial charge is 0.243 e. The summed E-state index contributed by atoms with van der Waals surface area (Å²) in [7, 11) is -0.390. The van der Waals surface area contributed by atoms with Crippen molar-refractivity contribution in [2.75, 3.05) is 40.5 Å². The standard InChI is InChI=1S/C18H31NO4S/c1-4-5-6-7-8-17-9-11-18(12-10-17)24(20,21)19(13-15-22-2)14-16-23-3/h9-12H,4-8,13-16H2,1-3H3. The van der Waals surface area contributed by atoms with Crippen molar-refractivity contribution in [3.63, 3.8) is 0 Å². The summed E-state index contributed by atoms with van der Waals surface area (Å²) in [6, 6.07) is 7.25. The number of methoxy groups -OCH3 is 2. The molecule has 1 rings (SSSR count). The van der Waals surface area contributed by atoms with Crippen molar-refractivity contribution in [3.05, 3.63) is 29.8 Å². The Morgan fingerprint density at radius 1 is 0.917 bits per heavy atom. The number of nitrogens with zero attached hydrogens (tertiary/aromatic N) is 1. The molecule has 24 heavy (non-hydrogen) atoms. The van der Waals surface area contributed by atoms with E-state index in [4.69, 9.17) is 9.47 Å². The van der Waals surface area contributed by atoms with Crippen molar-refractivity contribution < 1.29 is 17.9 Å². The molecule has 0 saturated carbocycles. The minimum absolute atomic E-state index is 0.320. The second-order valence-corrected chi connectivity index (χ2v) is 7.78. The number of benzene rings is 1. The Morgan fingerprint density at radius 3 is 2.00 bits per heavy atom. The molecule has 0 spiro atoms. The maximum absolute atomic E-state index is 12.8. The predicted octanol–water partition coefficient (Wildman–Crippen LogP) is 3.09. The highest BCUT2D eigenvalue weighted by Crippen LogP contribution is 2.17. The van der Waals surface area contributed by atoms with Crippen molar-refractivity contribution >= 4 is 10.0 Å². The molecule has 0 amide bonds. The zero-order chi connectivity index (χ0) is 17.8. The first kappa shape index (κ1) is 21.1. The van der Waals surface area contributed by atoms with Crippen LogP contribution >= 0.6 is 0 Å². The van der Waals surface area contributed by atoms with Gasteiger partial charge in [0.2, 0.25) is 10.0 Å². The average Bonchev–Trinajstić information content (AvgIpc) is 2.59. The van der Waals surface area contributed by atoms with Crippen LogP contribution in [-0.4, -0.2) is 53.2 Å². The number of hydrogen-bond acceptors (Lipinski definition) is 4. The lowest BCUT2D eigenvalue weighted by Crippen LogP contribution is -2.36. The number of hydrogen-bond donors (Lipinski definition) is 0.